The summed E-state index contributed by atoms with van der Waals surface area (Å²) in [6.07, 6.45) is 9.53. The predicted octanol–water partition coefficient (Wildman–Crippen LogP) is 5.85. The maximum atomic E-state index is 14.9. The molecule has 73 heavy (non-hydrogen) atoms. The van der Waals surface area contributed by atoms with Crippen LogP contribution in [0.1, 0.15) is 79.3 Å². The van der Waals surface area contributed by atoms with Crippen molar-refractivity contribution in [3.8, 4) is 22.9 Å². The zero-order chi connectivity index (χ0) is 50.8. The van der Waals surface area contributed by atoms with Crippen molar-refractivity contribution >= 4 is 51.8 Å². The van der Waals surface area contributed by atoms with E-state index in [-0.39, 0.29) is 23.8 Å². The maximum Gasteiger partial charge on any atom is 0.329 e. The zero-order valence-corrected chi connectivity index (χ0v) is 41.2. The standard InChI is InChI=1S/C53H59F2N13O5/c1-3-73-40-29-42(49-38(30-56)32-58-68(49)33-40)37-7-11-46(57-31-37)65-21-15-53(16-22-65,60-51(71)43-28-39(54)8-10-44(43)55)34-64-23-25-66(26-24-64)48(70)5-4-17-63-18-12-35(13-19-63)36-6-9-41-45(27-36)62(2)61-50(41)67-20-14-47(69)59-52(67)72/h6-11,27-29,31-33,35H,3-5,12-26,34H2,1-2H3,(H,60,71)(H,59,69,72). The number of carbonyl (C=O) groups excluding carboxylic acids is 4. The molecular formula is C53H59F2N13O5. The number of imide groups is 1. The number of aromatic nitrogens is 5. The number of urea groups is 1. The Morgan fingerprint density at radius 1 is 0.932 bits per heavy atom. The summed E-state index contributed by atoms with van der Waals surface area (Å²) < 4.78 is 38.5. The fourth-order valence-electron chi connectivity index (χ4n) is 11.0. The third-order valence-electron chi connectivity index (χ3n) is 15.0. The van der Waals surface area contributed by atoms with Gasteiger partial charge < -0.3 is 24.8 Å². The first-order chi connectivity index (χ1) is 35.4. The number of amides is 5. The Hall–Kier alpha value is -7.50. The van der Waals surface area contributed by atoms with Crippen LogP contribution in [-0.2, 0) is 16.6 Å². The number of piperidine rings is 2. The Balaban J connectivity index is 0.721. The van der Waals surface area contributed by atoms with E-state index in [0.717, 1.165) is 84.9 Å². The Morgan fingerprint density at radius 2 is 1.73 bits per heavy atom. The molecule has 0 aliphatic carbocycles. The van der Waals surface area contributed by atoms with Crippen LogP contribution in [0, 0.1) is 23.0 Å². The molecule has 0 saturated carbocycles. The number of aryl methyl sites for hydroxylation is 1. The summed E-state index contributed by atoms with van der Waals surface area (Å²) in [5.74, 6) is -0.0143. The van der Waals surface area contributed by atoms with Gasteiger partial charge >= 0.3 is 6.03 Å². The molecular weight excluding hydrogens is 937 g/mol. The second kappa shape index (κ2) is 20.9. The molecule has 20 heteroatoms. The van der Waals surface area contributed by atoms with Gasteiger partial charge in [0.05, 0.1) is 46.7 Å². The minimum Gasteiger partial charge on any atom is -0.492 e. The normalized spacial score (nSPS) is 18.0. The maximum absolute atomic E-state index is 14.9. The number of rotatable bonds is 14. The largest absolute Gasteiger partial charge is 0.492 e. The van der Waals surface area contributed by atoms with Gasteiger partial charge in [0.15, 0.2) is 5.82 Å². The number of halogens is 2. The zero-order valence-electron chi connectivity index (χ0n) is 41.2. The van der Waals surface area contributed by atoms with Crippen LogP contribution in [-0.4, -0.2) is 147 Å². The van der Waals surface area contributed by atoms with Crippen molar-refractivity contribution in [1.29, 1.82) is 5.26 Å². The van der Waals surface area contributed by atoms with Crippen LogP contribution in [0.15, 0.2) is 73.2 Å². The van der Waals surface area contributed by atoms with Crippen molar-refractivity contribution < 1.29 is 32.7 Å². The van der Waals surface area contributed by atoms with Gasteiger partial charge in [0.25, 0.3) is 5.91 Å². The van der Waals surface area contributed by atoms with Gasteiger partial charge in [-0.25, -0.2) is 23.1 Å². The average molecular weight is 996 g/mol. The van der Waals surface area contributed by atoms with Crippen LogP contribution in [0.4, 0.5) is 25.2 Å². The molecule has 4 fully saturated rings. The molecule has 0 unspecified atom stereocenters. The number of nitriles is 1. The molecule has 0 bridgehead atoms. The van der Waals surface area contributed by atoms with Crippen LogP contribution >= 0.6 is 0 Å². The lowest BCUT2D eigenvalue weighted by molar-refractivity contribution is -0.133. The van der Waals surface area contributed by atoms with Crippen molar-refractivity contribution in [3.63, 3.8) is 0 Å². The van der Waals surface area contributed by atoms with Gasteiger partial charge in [-0.1, -0.05) is 6.07 Å². The Labute approximate surface area is 421 Å². The highest BCUT2D eigenvalue weighted by molar-refractivity contribution is 6.09. The smallest absolute Gasteiger partial charge is 0.329 e. The molecule has 18 nitrogen and oxygen atoms in total. The van der Waals surface area contributed by atoms with Crippen molar-refractivity contribution in [3.05, 3.63) is 102 Å². The van der Waals surface area contributed by atoms with Crippen LogP contribution in [0.5, 0.6) is 5.75 Å². The second-order valence-corrected chi connectivity index (χ2v) is 19.6. The summed E-state index contributed by atoms with van der Waals surface area (Å²) >= 11 is 0. The molecule has 2 aromatic carbocycles. The fraction of sp³-hybridized carbons (Fsp3) is 0.434. The molecule has 4 saturated heterocycles. The highest BCUT2D eigenvalue weighted by Crippen LogP contribution is 2.36. The number of likely N-dealkylation sites (tertiary alicyclic amines) is 1. The van der Waals surface area contributed by atoms with E-state index < -0.39 is 29.1 Å². The van der Waals surface area contributed by atoms with Crippen LogP contribution in [0.25, 0.3) is 27.5 Å². The number of anilines is 2. The first-order valence-electron chi connectivity index (χ1n) is 25.2. The highest BCUT2D eigenvalue weighted by Gasteiger charge is 2.40. The van der Waals surface area contributed by atoms with Crippen LogP contribution in [0.2, 0.25) is 0 Å². The summed E-state index contributed by atoms with van der Waals surface area (Å²) in [4.78, 5) is 66.6. The molecule has 380 valence electrons. The number of fused-ring (bicyclic) bond motifs is 2. The molecule has 0 spiro atoms. The van der Waals surface area contributed by atoms with Crippen molar-refractivity contribution in [2.24, 2.45) is 7.05 Å². The summed E-state index contributed by atoms with van der Waals surface area (Å²) in [5.41, 5.74) is 3.72. The van der Waals surface area contributed by atoms with Crippen LogP contribution < -0.4 is 25.2 Å². The second-order valence-electron chi connectivity index (χ2n) is 19.6. The molecule has 8 heterocycles. The van der Waals surface area contributed by atoms with Gasteiger partial charge in [0, 0.05) is 95.0 Å². The van der Waals surface area contributed by atoms with E-state index in [9.17, 15) is 33.2 Å². The van der Waals surface area contributed by atoms with E-state index in [1.54, 1.807) is 21.6 Å². The molecule has 4 aliphatic heterocycles. The quantitative estimate of drug-likeness (QED) is 0.133. The van der Waals surface area contributed by atoms with Crippen molar-refractivity contribution in [2.75, 3.05) is 88.4 Å². The van der Waals surface area contributed by atoms with Gasteiger partial charge in [-0.3, -0.25) is 34.2 Å². The van der Waals surface area contributed by atoms with Gasteiger partial charge in [-0.05, 0) is 119 Å². The van der Waals surface area contributed by atoms with Gasteiger partial charge in [-0.15, -0.1) is 0 Å². The highest BCUT2D eigenvalue weighted by atomic mass is 19.1. The van der Waals surface area contributed by atoms with Gasteiger partial charge in [0.2, 0.25) is 11.8 Å². The minimum absolute atomic E-state index is 0.130. The van der Waals surface area contributed by atoms with Crippen LogP contribution in [0.3, 0.4) is 0 Å². The van der Waals surface area contributed by atoms with Crippen molar-refractivity contribution in [2.45, 2.75) is 63.3 Å². The molecule has 5 amide bonds. The number of carbonyl (C=O) groups is 4. The predicted molar refractivity (Wildman–Crippen MR) is 269 cm³/mol. The molecule has 6 aromatic rings. The number of nitrogens with one attached hydrogen (secondary N) is 2. The van der Waals surface area contributed by atoms with E-state index in [2.05, 4.69) is 53.7 Å². The number of piperazine rings is 1. The first-order valence-corrected chi connectivity index (χ1v) is 25.2. The third-order valence-corrected chi connectivity index (χ3v) is 15.0. The molecule has 10 rings (SSSR count). The summed E-state index contributed by atoms with van der Waals surface area (Å²) in [5, 5.41) is 25.2. The van der Waals surface area contributed by atoms with E-state index in [1.165, 1.54) is 16.7 Å². The van der Waals surface area contributed by atoms with E-state index in [1.807, 2.05) is 43.1 Å². The molecule has 4 aliphatic rings. The summed E-state index contributed by atoms with van der Waals surface area (Å²) in [6.45, 7) is 9.25. The lowest BCUT2D eigenvalue weighted by atomic mass is 9.86. The Bertz CT molecular complexity index is 3090. The third kappa shape index (κ3) is 10.4. The number of hydrogen-bond donors (Lipinski definition) is 2. The SMILES string of the molecule is CCOc1cc(-c2ccc(N3CCC(CN4CCN(C(=O)CCCN5CCC(c6ccc7c(N8CCC(=O)NC8=O)nn(C)c7c6)CC5)CC4)(NC(=O)c4cc(F)ccc4F)CC3)nc2)c2c(C#N)cnn2c1. The molecule has 2 N–H and O–H groups in total. The Morgan fingerprint density at radius 3 is 2.45 bits per heavy atom. The van der Waals surface area contributed by atoms with E-state index >= 15 is 0 Å². The topological polar surface area (TPSA) is 190 Å². The number of pyridine rings is 2. The van der Waals surface area contributed by atoms with E-state index in [4.69, 9.17) is 9.72 Å². The fourth-order valence-corrected chi connectivity index (χ4v) is 11.0. The average Bonchev–Trinajstić information content (AvgIpc) is 3.97. The monoisotopic (exact) mass is 995 g/mol. The summed E-state index contributed by atoms with van der Waals surface area (Å²) in [6, 6.07) is 16.8. The number of ether oxygens (including phenoxy) is 1. The summed E-state index contributed by atoms with van der Waals surface area (Å²) in [7, 11) is 1.87. The van der Waals surface area contributed by atoms with Gasteiger partial charge in [0.1, 0.15) is 29.3 Å². The van der Waals surface area contributed by atoms with Gasteiger partial charge in [-0.2, -0.15) is 15.5 Å². The number of hydrogen-bond acceptors (Lipinski definition) is 12. The number of nitrogens with zero attached hydrogens (tertiary/aromatic N) is 11. The number of benzene rings is 2. The van der Waals surface area contributed by atoms with E-state index in [0.29, 0.717) is 107 Å². The Kier molecular flexibility index (Phi) is 14.1. The molecule has 4 aromatic heterocycles. The first kappa shape index (κ1) is 49.1. The lowest BCUT2D eigenvalue weighted by Crippen LogP contribution is -2.62. The minimum atomic E-state index is -0.795. The molecule has 0 radical (unpaired) electrons. The van der Waals surface area contributed by atoms with Crippen molar-refractivity contribution in [1.82, 2.24) is 49.7 Å². The molecule has 0 atom stereocenters. The lowest BCUT2D eigenvalue weighted by Gasteiger charge is -2.46.